The van der Waals surface area contributed by atoms with E-state index in [1.54, 1.807) is 6.20 Å². The Bertz CT molecular complexity index is 730. The summed E-state index contributed by atoms with van der Waals surface area (Å²) in [4.78, 5) is 16.6. The molecule has 1 aromatic carbocycles. The Morgan fingerprint density at radius 3 is 3.00 bits per heavy atom. The van der Waals surface area contributed by atoms with Crippen LogP contribution in [0.3, 0.4) is 0 Å². The number of amides is 1. The van der Waals surface area contributed by atoms with Gasteiger partial charge in [-0.2, -0.15) is 0 Å². The molecule has 5 nitrogen and oxygen atoms in total. The maximum atomic E-state index is 12.4. The van der Waals surface area contributed by atoms with Crippen LogP contribution in [0.1, 0.15) is 34.6 Å². The summed E-state index contributed by atoms with van der Waals surface area (Å²) < 4.78 is 5.82. The molecule has 3 atom stereocenters. The van der Waals surface area contributed by atoms with Crippen molar-refractivity contribution in [2.75, 3.05) is 0 Å². The number of nitrogens with one attached hydrogen (secondary N) is 2. The zero-order valence-electron chi connectivity index (χ0n) is 12.9. The summed E-state index contributed by atoms with van der Waals surface area (Å²) in [7, 11) is 0. The lowest BCUT2D eigenvalue weighted by Gasteiger charge is -2.20. The molecule has 3 heterocycles. The summed E-state index contributed by atoms with van der Waals surface area (Å²) in [6.45, 7) is 1.99. The molecular weight excluding hydrogens is 310 g/mol. The molecule has 2 N–H and O–H groups in total. The number of benzene rings is 1. The summed E-state index contributed by atoms with van der Waals surface area (Å²) in [5, 5.41) is 7.72. The number of para-hydroxylation sites is 1. The van der Waals surface area contributed by atoms with E-state index in [-0.39, 0.29) is 11.9 Å². The molecule has 1 amide bonds. The number of ether oxygens (including phenoxy) is 1. The van der Waals surface area contributed by atoms with Crippen LogP contribution in [-0.4, -0.2) is 29.0 Å². The average molecular weight is 329 g/mol. The lowest BCUT2D eigenvalue weighted by molar-refractivity contribution is 0.0930. The van der Waals surface area contributed by atoms with Crippen molar-refractivity contribution in [1.29, 1.82) is 0 Å². The van der Waals surface area contributed by atoms with Crippen molar-refractivity contribution in [2.24, 2.45) is 0 Å². The summed E-state index contributed by atoms with van der Waals surface area (Å²) in [6, 6.07) is 9.02. The second-order valence-corrected chi connectivity index (χ2v) is 7.21. The third-order valence-electron chi connectivity index (χ3n) is 4.60. The topological polar surface area (TPSA) is 63.2 Å². The molecule has 2 aliphatic heterocycles. The van der Waals surface area contributed by atoms with Crippen molar-refractivity contribution in [3.63, 3.8) is 0 Å². The lowest BCUT2D eigenvalue weighted by atomic mass is 9.95. The lowest BCUT2D eigenvalue weighted by Crippen LogP contribution is -2.42. The van der Waals surface area contributed by atoms with Gasteiger partial charge in [0, 0.05) is 18.1 Å². The van der Waals surface area contributed by atoms with Crippen molar-refractivity contribution in [3.8, 4) is 10.8 Å². The highest BCUT2D eigenvalue weighted by molar-refractivity contribution is 7.15. The van der Waals surface area contributed by atoms with Gasteiger partial charge in [-0.25, -0.2) is 4.98 Å². The molecule has 2 aliphatic rings. The van der Waals surface area contributed by atoms with E-state index in [1.165, 1.54) is 17.8 Å². The number of aromatic nitrogens is 1. The highest BCUT2D eigenvalue weighted by Crippen LogP contribution is 2.31. The number of rotatable bonds is 4. The minimum Gasteiger partial charge on any atom is -0.445 e. The first-order chi connectivity index (χ1) is 11.2. The van der Waals surface area contributed by atoms with Crippen LogP contribution in [0.2, 0.25) is 0 Å². The van der Waals surface area contributed by atoms with E-state index in [9.17, 15) is 4.79 Å². The van der Waals surface area contributed by atoms with Gasteiger partial charge in [0.1, 0.15) is 5.75 Å². The van der Waals surface area contributed by atoms with Gasteiger partial charge in [-0.1, -0.05) is 29.5 Å². The van der Waals surface area contributed by atoms with Gasteiger partial charge >= 0.3 is 0 Å². The number of aryl methyl sites for hydroxylation is 1. The first-order valence-corrected chi connectivity index (χ1v) is 8.77. The minimum atomic E-state index is -0.103. The standard InChI is InChI=1S/C17H19N3O2S/c1-10-4-2-3-5-14(10)22-15-9-18-17(23-15)16(21)20-13-8-11-6-7-12(13)19-11/h2-5,9,11-13,19H,6-8H2,1H3,(H,20,21)/t11-,12+,13-/m1/s1. The number of thiazole rings is 1. The van der Waals surface area contributed by atoms with Gasteiger partial charge in [-0.05, 0) is 37.8 Å². The van der Waals surface area contributed by atoms with Gasteiger partial charge in [-0.3, -0.25) is 4.79 Å². The van der Waals surface area contributed by atoms with Crippen molar-refractivity contribution >= 4 is 17.2 Å². The second-order valence-electron chi connectivity index (χ2n) is 6.22. The maximum Gasteiger partial charge on any atom is 0.280 e. The van der Waals surface area contributed by atoms with Crippen molar-refractivity contribution in [2.45, 2.75) is 44.3 Å². The number of carbonyl (C=O) groups excluding carboxylic acids is 1. The summed E-state index contributed by atoms with van der Waals surface area (Å²) >= 11 is 1.28. The van der Waals surface area contributed by atoms with Gasteiger partial charge in [-0.15, -0.1) is 0 Å². The molecule has 0 aliphatic carbocycles. The molecule has 1 aromatic heterocycles. The zero-order chi connectivity index (χ0) is 15.8. The molecule has 2 saturated heterocycles. The molecule has 120 valence electrons. The molecule has 6 heteroatoms. The fourth-order valence-electron chi connectivity index (χ4n) is 3.40. The van der Waals surface area contributed by atoms with Crippen LogP contribution < -0.4 is 15.4 Å². The Kier molecular flexibility index (Phi) is 3.79. The predicted octanol–water partition coefficient (Wildman–Crippen LogP) is 2.87. The molecule has 0 saturated carbocycles. The molecule has 2 fully saturated rings. The van der Waals surface area contributed by atoms with Crippen LogP contribution in [0.5, 0.6) is 10.8 Å². The predicted molar refractivity (Wildman–Crippen MR) is 89.2 cm³/mol. The van der Waals surface area contributed by atoms with E-state index in [1.807, 2.05) is 31.2 Å². The maximum absolute atomic E-state index is 12.4. The van der Waals surface area contributed by atoms with Gasteiger partial charge in [0.25, 0.3) is 5.91 Å². The first kappa shape index (κ1) is 14.7. The third-order valence-corrected chi connectivity index (χ3v) is 5.47. The fraction of sp³-hybridized carbons (Fsp3) is 0.412. The van der Waals surface area contributed by atoms with Crippen LogP contribution in [-0.2, 0) is 0 Å². The number of nitrogens with zero attached hydrogens (tertiary/aromatic N) is 1. The number of fused-ring (bicyclic) bond motifs is 2. The monoisotopic (exact) mass is 329 g/mol. The van der Waals surface area contributed by atoms with Crippen LogP contribution >= 0.6 is 11.3 Å². The van der Waals surface area contributed by atoms with Gasteiger partial charge in [0.05, 0.1) is 6.20 Å². The van der Waals surface area contributed by atoms with E-state index >= 15 is 0 Å². The van der Waals surface area contributed by atoms with Crippen LogP contribution in [0, 0.1) is 6.92 Å². The number of hydrogen-bond acceptors (Lipinski definition) is 5. The first-order valence-electron chi connectivity index (χ1n) is 7.95. The highest BCUT2D eigenvalue weighted by Gasteiger charge is 2.39. The largest absolute Gasteiger partial charge is 0.445 e. The molecule has 23 heavy (non-hydrogen) atoms. The quantitative estimate of drug-likeness (QED) is 0.905. The van der Waals surface area contributed by atoms with E-state index in [0.29, 0.717) is 22.2 Å². The fourth-order valence-corrected chi connectivity index (χ4v) is 4.09. The highest BCUT2D eigenvalue weighted by atomic mass is 32.1. The van der Waals surface area contributed by atoms with Crippen LogP contribution in [0.25, 0.3) is 0 Å². The molecule has 2 aromatic rings. The Labute approximate surface area is 139 Å². The Hall–Kier alpha value is -1.92. The van der Waals surface area contributed by atoms with E-state index in [4.69, 9.17) is 4.74 Å². The Morgan fingerprint density at radius 2 is 2.26 bits per heavy atom. The van der Waals surface area contributed by atoms with Crippen molar-refractivity contribution in [3.05, 3.63) is 41.0 Å². The smallest absolute Gasteiger partial charge is 0.280 e. The zero-order valence-corrected chi connectivity index (χ0v) is 13.7. The minimum absolute atomic E-state index is 0.103. The third kappa shape index (κ3) is 2.96. The number of carbonyl (C=O) groups is 1. The molecule has 0 spiro atoms. The number of hydrogen-bond donors (Lipinski definition) is 2. The molecular formula is C17H19N3O2S. The Balaban J connectivity index is 1.41. The molecule has 0 radical (unpaired) electrons. The molecule has 2 bridgehead atoms. The van der Waals surface area contributed by atoms with Gasteiger partial charge in [0.15, 0.2) is 5.01 Å². The summed E-state index contributed by atoms with van der Waals surface area (Å²) in [6.07, 6.45) is 5.01. The normalized spacial score (nSPS) is 25.5. The second kappa shape index (κ2) is 5.94. The molecule has 4 rings (SSSR count). The van der Waals surface area contributed by atoms with Crippen molar-refractivity contribution in [1.82, 2.24) is 15.6 Å². The Morgan fingerprint density at radius 1 is 1.39 bits per heavy atom. The summed E-state index contributed by atoms with van der Waals surface area (Å²) in [5.41, 5.74) is 1.06. The molecule has 0 unspecified atom stereocenters. The average Bonchev–Trinajstić information content (AvgIpc) is 3.26. The van der Waals surface area contributed by atoms with E-state index in [2.05, 4.69) is 15.6 Å². The van der Waals surface area contributed by atoms with Crippen LogP contribution in [0.15, 0.2) is 30.5 Å². The van der Waals surface area contributed by atoms with Gasteiger partial charge in [0.2, 0.25) is 5.06 Å². The summed E-state index contributed by atoms with van der Waals surface area (Å²) in [5.74, 6) is 0.689. The van der Waals surface area contributed by atoms with E-state index < -0.39 is 0 Å². The van der Waals surface area contributed by atoms with Crippen LogP contribution in [0.4, 0.5) is 0 Å². The van der Waals surface area contributed by atoms with E-state index in [0.717, 1.165) is 24.2 Å². The SMILES string of the molecule is Cc1ccccc1Oc1cnc(C(=O)N[C@@H]2C[C@H]3CC[C@@H]2N3)s1. The van der Waals surface area contributed by atoms with Crippen molar-refractivity contribution < 1.29 is 9.53 Å². The van der Waals surface area contributed by atoms with Gasteiger partial charge < -0.3 is 15.4 Å².